The number of likely N-dealkylation sites (tertiary alicyclic amines) is 1. The fraction of sp³-hybridized carbons (Fsp3) is 0.462. The Bertz CT molecular complexity index is 535. The van der Waals surface area contributed by atoms with E-state index in [1.54, 1.807) is 12.0 Å². The summed E-state index contributed by atoms with van der Waals surface area (Å²) in [5, 5.41) is 10.7. The van der Waals surface area contributed by atoms with E-state index in [2.05, 4.69) is 0 Å². The second-order valence-corrected chi connectivity index (χ2v) is 5.08. The smallest absolute Gasteiger partial charge is 0.287 e. The molecule has 1 saturated heterocycles. The molecule has 0 aliphatic carbocycles. The van der Waals surface area contributed by atoms with Crippen LogP contribution in [0.4, 0.5) is 5.69 Å². The Balaban J connectivity index is 2.21. The first-order valence-corrected chi connectivity index (χ1v) is 6.66. The molecule has 1 amide bonds. The summed E-state index contributed by atoms with van der Waals surface area (Å²) in [5.74, 6) is -0.165. The molecule has 0 bridgehead atoms. The third kappa shape index (κ3) is 2.91. The molecule has 1 unspecified atom stereocenters. The minimum Gasteiger partial charge on any atom is -0.383 e. The highest BCUT2D eigenvalue weighted by Gasteiger charge is 2.29. The molecular formula is C13H15ClN2O4. The van der Waals surface area contributed by atoms with Crippen molar-refractivity contribution in [2.75, 3.05) is 20.3 Å². The number of halogens is 1. The molecule has 1 heterocycles. The van der Waals surface area contributed by atoms with Gasteiger partial charge < -0.3 is 9.64 Å². The van der Waals surface area contributed by atoms with Gasteiger partial charge in [-0.1, -0.05) is 11.6 Å². The molecule has 20 heavy (non-hydrogen) atoms. The lowest BCUT2D eigenvalue weighted by Crippen LogP contribution is -2.38. The molecule has 0 spiro atoms. The van der Waals surface area contributed by atoms with Gasteiger partial charge in [-0.15, -0.1) is 0 Å². The summed E-state index contributed by atoms with van der Waals surface area (Å²) in [6.45, 7) is 1.16. The Morgan fingerprint density at radius 2 is 2.35 bits per heavy atom. The summed E-state index contributed by atoms with van der Waals surface area (Å²) >= 11 is 5.84. The number of nitro benzene ring substituents is 1. The summed E-state index contributed by atoms with van der Waals surface area (Å²) in [6, 6.07) is 4.11. The number of carbonyl (C=O) groups is 1. The first-order valence-electron chi connectivity index (χ1n) is 6.28. The van der Waals surface area contributed by atoms with Crippen LogP contribution in [0.15, 0.2) is 18.2 Å². The van der Waals surface area contributed by atoms with Crippen molar-refractivity contribution < 1.29 is 14.5 Å². The van der Waals surface area contributed by atoms with Crippen LogP contribution in [-0.2, 0) is 4.74 Å². The van der Waals surface area contributed by atoms with Gasteiger partial charge in [-0.2, -0.15) is 0 Å². The van der Waals surface area contributed by atoms with Gasteiger partial charge in [0, 0.05) is 25.3 Å². The van der Waals surface area contributed by atoms with E-state index in [1.807, 2.05) is 0 Å². The summed E-state index contributed by atoms with van der Waals surface area (Å²) < 4.78 is 5.11. The van der Waals surface area contributed by atoms with Gasteiger partial charge in [0.05, 0.1) is 17.6 Å². The van der Waals surface area contributed by atoms with Crippen LogP contribution >= 0.6 is 11.6 Å². The monoisotopic (exact) mass is 298 g/mol. The van der Waals surface area contributed by atoms with E-state index in [0.29, 0.717) is 18.7 Å². The van der Waals surface area contributed by atoms with Crippen LogP contribution in [0.2, 0.25) is 5.02 Å². The van der Waals surface area contributed by atoms with Crippen LogP contribution in [0.1, 0.15) is 23.2 Å². The zero-order chi connectivity index (χ0) is 14.7. The van der Waals surface area contributed by atoms with Gasteiger partial charge in [0.1, 0.15) is 5.02 Å². The standard InChI is InChI=1S/C13H15ClN2O4/c1-20-8-10-3-2-6-15(10)13(17)9-4-5-12(16(18)19)11(14)7-9/h4-5,7,10H,2-3,6,8H2,1H3. The van der Waals surface area contributed by atoms with Crippen molar-refractivity contribution in [3.63, 3.8) is 0 Å². The average Bonchev–Trinajstić information content (AvgIpc) is 2.86. The second-order valence-electron chi connectivity index (χ2n) is 4.67. The van der Waals surface area contributed by atoms with E-state index >= 15 is 0 Å². The number of ether oxygens (including phenoxy) is 1. The first kappa shape index (κ1) is 14.7. The number of amides is 1. The van der Waals surface area contributed by atoms with E-state index in [4.69, 9.17) is 16.3 Å². The molecular weight excluding hydrogens is 284 g/mol. The number of benzene rings is 1. The number of methoxy groups -OCH3 is 1. The Labute approximate surface area is 121 Å². The van der Waals surface area contributed by atoms with E-state index in [-0.39, 0.29) is 22.7 Å². The molecule has 1 atom stereocenters. The molecule has 1 aliphatic rings. The van der Waals surface area contributed by atoms with Crippen LogP contribution in [0.25, 0.3) is 0 Å². The lowest BCUT2D eigenvalue weighted by atomic mass is 10.1. The van der Waals surface area contributed by atoms with Gasteiger partial charge in [0.2, 0.25) is 0 Å². The molecule has 108 valence electrons. The average molecular weight is 299 g/mol. The number of rotatable bonds is 4. The van der Waals surface area contributed by atoms with Crippen molar-refractivity contribution in [2.24, 2.45) is 0 Å². The maximum Gasteiger partial charge on any atom is 0.287 e. The van der Waals surface area contributed by atoms with Gasteiger partial charge in [-0.3, -0.25) is 14.9 Å². The van der Waals surface area contributed by atoms with Crippen molar-refractivity contribution in [2.45, 2.75) is 18.9 Å². The molecule has 1 aliphatic heterocycles. The molecule has 1 fully saturated rings. The highest BCUT2D eigenvalue weighted by molar-refractivity contribution is 6.33. The van der Waals surface area contributed by atoms with Gasteiger partial charge in [-0.05, 0) is 25.0 Å². The van der Waals surface area contributed by atoms with Gasteiger partial charge in [0.25, 0.3) is 11.6 Å². The van der Waals surface area contributed by atoms with Crippen molar-refractivity contribution in [1.82, 2.24) is 4.90 Å². The predicted molar refractivity (Wildman–Crippen MR) is 74.0 cm³/mol. The summed E-state index contributed by atoms with van der Waals surface area (Å²) in [7, 11) is 1.60. The minimum atomic E-state index is -0.569. The Hall–Kier alpha value is -1.66. The van der Waals surface area contributed by atoms with E-state index in [9.17, 15) is 14.9 Å². The van der Waals surface area contributed by atoms with E-state index < -0.39 is 4.92 Å². The largest absolute Gasteiger partial charge is 0.383 e. The van der Waals surface area contributed by atoms with Crippen LogP contribution in [0.3, 0.4) is 0 Å². The number of nitrogens with zero attached hydrogens (tertiary/aromatic N) is 2. The quantitative estimate of drug-likeness (QED) is 0.632. The molecule has 0 radical (unpaired) electrons. The number of carbonyl (C=O) groups excluding carboxylic acids is 1. The van der Waals surface area contributed by atoms with Gasteiger partial charge in [0.15, 0.2) is 0 Å². The molecule has 6 nitrogen and oxygen atoms in total. The first-order chi connectivity index (χ1) is 9.54. The molecule has 2 rings (SSSR count). The van der Waals surface area contributed by atoms with Gasteiger partial charge >= 0.3 is 0 Å². The zero-order valence-corrected chi connectivity index (χ0v) is 11.8. The van der Waals surface area contributed by atoms with Crippen LogP contribution in [0.5, 0.6) is 0 Å². The highest BCUT2D eigenvalue weighted by Crippen LogP contribution is 2.27. The predicted octanol–water partition coefficient (Wildman–Crippen LogP) is 2.50. The minimum absolute atomic E-state index is 0.0247. The fourth-order valence-corrected chi connectivity index (χ4v) is 2.67. The Morgan fingerprint density at radius 1 is 1.60 bits per heavy atom. The van der Waals surface area contributed by atoms with Crippen molar-refractivity contribution >= 4 is 23.2 Å². The highest BCUT2D eigenvalue weighted by atomic mass is 35.5. The maximum atomic E-state index is 12.4. The Kier molecular flexibility index (Phi) is 4.57. The van der Waals surface area contributed by atoms with Crippen molar-refractivity contribution in [1.29, 1.82) is 0 Å². The van der Waals surface area contributed by atoms with Gasteiger partial charge in [-0.25, -0.2) is 0 Å². The van der Waals surface area contributed by atoms with Crippen molar-refractivity contribution in [3.8, 4) is 0 Å². The number of nitro groups is 1. The number of hydrogen-bond acceptors (Lipinski definition) is 4. The SMILES string of the molecule is COCC1CCCN1C(=O)c1ccc([N+](=O)[O-])c(Cl)c1. The second kappa shape index (κ2) is 6.19. The summed E-state index contributed by atoms with van der Waals surface area (Å²) in [5.41, 5.74) is 0.168. The van der Waals surface area contributed by atoms with Crippen LogP contribution < -0.4 is 0 Å². The number of hydrogen-bond donors (Lipinski definition) is 0. The summed E-state index contributed by atoms with van der Waals surface area (Å²) in [4.78, 5) is 24.3. The molecule has 0 aromatic heterocycles. The fourth-order valence-electron chi connectivity index (χ4n) is 2.42. The maximum absolute atomic E-state index is 12.4. The molecule has 1 aromatic carbocycles. The molecule has 0 saturated carbocycles. The van der Waals surface area contributed by atoms with Crippen molar-refractivity contribution in [3.05, 3.63) is 38.9 Å². The lowest BCUT2D eigenvalue weighted by molar-refractivity contribution is -0.384. The molecule has 0 N–H and O–H groups in total. The Morgan fingerprint density at radius 3 is 2.95 bits per heavy atom. The summed E-state index contributed by atoms with van der Waals surface area (Å²) in [6.07, 6.45) is 1.83. The lowest BCUT2D eigenvalue weighted by Gasteiger charge is -2.24. The van der Waals surface area contributed by atoms with Crippen LogP contribution in [-0.4, -0.2) is 42.0 Å². The third-order valence-corrected chi connectivity index (χ3v) is 3.69. The topological polar surface area (TPSA) is 72.7 Å². The zero-order valence-electron chi connectivity index (χ0n) is 11.0. The molecule has 1 aromatic rings. The van der Waals surface area contributed by atoms with Crippen LogP contribution in [0, 0.1) is 10.1 Å². The van der Waals surface area contributed by atoms with E-state index in [1.165, 1.54) is 18.2 Å². The third-order valence-electron chi connectivity index (χ3n) is 3.39. The molecule has 7 heteroatoms. The normalized spacial score (nSPS) is 18.3. The van der Waals surface area contributed by atoms with E-state index in [0.717, 1.165) is 12.8 Å².